The molecule has 0 aromatic heterocycles. The van der Waals surface area contributed by atoms with Crippen LogP contribution >= 0.6 is 0 Å². The van der Waals surface area contributed by atoms with Gasteiger partial charge in [-0.05, 0) is 59.4 Å². The summed E-state index contributed by atoms with van der Waals surface area (Å²) in [5.41, 5.74) is 6.10. The fraction of sp³-hybridized carbons (Fsp3) is 0.0769. The Morgan fingerprint density at radius 3 is 1.69 bits per heavy atom. The zero-order chi connectivity index (χ0) is 19.9. The van der Waals surface area contributed by atoms with E-state index < -0.39 is 0 Å². The van der Waals surface area contributed by atoms with Crippen molar-refractivity contribution < 1.29 is 5.11 Å². The molecule has 4 aromatic carbocycles. The summed E-state index contributed by atoms with van der Waals surface area (Å²) in [6, 6.07) is 33.8. The van der Waals surface area contributed by atoms with E-state index in [-0.39, 0.29) is 5.75 Å². The Bertz CT molecular complexity index is 1110. The number of phenolic OH excluding ortho intramolecular Hbond substituents is 1. The summed E-state index contributed by atoms with van der Waals surface area (Å²) in [5, 5.41) is 19.0. The Hall–Kier alpha value is -3.72. The van der Waals surface area contributed by atoms with E-state index in [0.29, 0.717) is 6.42 Å². The molecule has 3 heteroatoms. The van der Waals surface area contributed by atoms with Gasteiger partial charge in [-0.25, -0.2) is 0 Å². The number of azo groups is 1. The van der Waals surface area contributed by atoms with Gasteiger partial charge in [0, 0.05) is 0 Å². The van der Waals surface area contributed by atoms with E-state index in [1.165, 1.54) is 11.1 Å². The molecule has 0 heterocycles. The maximum absolute atomic E-state index is 9.94. The van der Waals surface area contributed by atoms with Crippen molar-refractivity contribution in [2.75, 3.05) is 0 Å². The predicted octanol–water partition coefficient (Wildman–Crippen LogP) is 6.99. The smallest absolute Gasteiger partial charge is 0.116 e. The standard InChI is InChI=1S/C26H22N2O/c29-24-15-16-26(23(19-24)18-21-11-5-2-6-12-21)28-27-25-14-8-7-13-22(25)17-20-9-3-1-4-10-20/h1-16,19,29H,17-18H2. The Morgan fingerprint density at radius 2 is 1.03 bits per heavy atom. The van der Waals surface area contributed by atoms with Gasteiger partial charge in [0.1, 0.15) is 5.75 Å². The Morgan fingerprint density at radius 1 is 0.517 bits per heavy atom. The van der Waals surface area contributed by atoms with E-state index >= 15 is 0 Å². The van der Waals surface area contributed by atoms with Crippen LogP contribution in [0.4, 0.5) is 11.4 Å². The number of hydrogen-bond donors (Lipinski definition) is 1. The minimum Gasteiger partial charge on any atom is -0.508 e. The first kappa shape index (κ1) is 18.6. The summed E-state index contributed by atoms with van der Waals surface area (Å²) in [5.74, 6) is 0.236. The minimum atomic E-state index is 0.236. The van der Waals surface area contributed by atoms with Gasteiger partial charge in [-0.1, -0.05) is 78.9 Å². The predicted molar refractivity (Wildman–Crippen MR) is 117 cm³/mol. The molecule has 0 radical (unpaired) electrons. The first-order valence-electron chi connectivity index (χ1n) is 9.67. The van der Waals surface area contributed by atoms with Gasteiger partial charge in [0.15, 0.2) is 0 Å². The maximum atomic E-state index is 9.94. The monoisotopic (exact) mass is 378 g/mol. The lowest BCUT2D eigenvalue weighted by Crippen LogP contribution is -1.89. The normalized spacial score (nSPS) is 11.0. The molecule has 1 N–H and O–H groups in total. The van der Waals surface area contributed by atoms with E-state index in [2.05, 4.69) is 40.6 Å². The van der Waals surface area contributed by atoms with Gasteiger partial charge in [-0.15, -0.1) is 0 Å². The molecule has 0 atom stereocenters. The number of aromatic hydroxyl groups is 1. The van der Waals surface area contributed by atoms with Crippen LogP contribution in [0, 0.1) is 0 Å². The molecule has 29 heavy (non-hydrogen) atoms. The molecule has 4 rings (SSSR count). The van der Waals surface area contributed by atoms with E-state index in [1.54, 1.807) is 12.1 Å². The van der Waals surface area contributed by atoms with Crippen LogP contribution < -0.4 is 0 Å². The lowest BCUT2D eigenvalue weighted by molar-refractivity contribution is 0.475. The number of rotatable bonds is 6. The highest BCUT2D eigenvalue weighted by atomic mass is 16.3. The molecule has 0 aliphatic carbocycles. The average molecular weight is 378 g/mol. The van der Waals surface area contributed by atoms with Gasteiger partial charge in [0.05, 0.1) is 11.4 Å². The van der Waals surface area contributed by atoms with Crippen molar-refractivity contribution in [3.63, 3.8) is 0 Å². The van der Waals surface area contributed by atoms with Crippen LogP contribution in [0.15, 0.2) is 113 Å². The number of phenols is 1. The maximum Gasteiger partial charge on any atom is 0.116 e. The zero-order valence-corrected chi connectivity index (χ0v) is 16.1. The van der Waals surface area contributed by atoms with E-state index in [0.717, 1.165) is 28.9 Å². The molecule has 0 spiro atoms. The highest BCUT2D eigenvalue weighted by molar-refractivity contribution is 5.53. The molecule has 0 saturated carbocycles. The Balaban J connectivity index is 1.61. The molecule has 0 aliphatic rings. The fourth-order valence-corrected chi connectivity index (χ4v) is 3.31. The second-order valence-corrected chi connectivity index (χ2v) is 6.97. The third-order valence-corrected chi connectivity index (χ3v) is 4.79. The topological polar surface area (TPSA) is 45.0 Å². The largest absolute Gasteiger partial charge is 0.508 e. The zero-order valence-electron chi connectivity index (χ0n) is 16.1. The second-order valence-electron chi connectivity index (χ2n) is 6.97. The summed E-state index contributed by atoms with van der Waals surface area (Å²) in [7, 11) is 0. The van der Waals surface area contributed by atoms with Gasteiger partial charge >= 0.3 is 0 Å². The number of hydrogen-bond acceptors (Lipinski definition) is 3. The third kappa shape index (κ3) is 4.96. The third-order valence-electron chi connectivity index (χ3n) is 4.79. The molecule has 4 aromatic rings. The van der Waals surface area contributed by atoms with Crippen molar-refractivity contribution >= 4 is 11.4 Å². The van der Waals surface area contributed by atoms with E-state index in [4.69, 9.17) is 0 Å². The minimum absolute atomic E-state index is 0.236. The molecule has 0 aliphatic heterocycles. The second kappa shape index (κ2) is 8.98. The molecular weight excluding hydrogens is 356 g/mol. The summed E-state index contributed by atoms with van der Waals surface area (Å²) < 4.78 is 0. The number of benzene rings is 4. The SMILES string of the molecule is Oc1ccc(N=Nc2ccccc2Cc2ccccc2)c(Cc2ccccc2)c1. The molecule has 0 saturated heterocycles. The lowest BCUT2D eigenvalue weighted by Gasteiger charge is -2.08. The Labute approximate surface area is 171 Å². The molecular formula is C26H22N2O. The van der Waals surface area contributed by atoms with E-state index in [1.807, 2.05) is 60.7 Å². The van der Waals surface area contributed by atoms with Gasteiger partial charge in [0.25, 0.3) is 0 Å². The van der Waals surface area contributed by atoms with Crippen LogP contribution in [-0.4, -0.2) is 5.11 Å². The quantitative estimate of drug-likeness (QED) is 0.361. The molecule has 0 fully saturated rings. The van der Waals surface area contributed by atoms with Crippen molar-refractivity contribution in [2.24, 2.45) is 10.2 Å². The van der Waals surface area contributed by atoms with Gasteiger partial charge in [-0.2, -0.15) is 10.2 Å². The van der Waals surface area contributed by atoms with Crippen molar-refractivity contribution in [2.45, 2.75) is 12.8 Å². The van der Waals surface area contributed by atoms with Crippen molar-refractivity contribution in [1.82, 2.24) is 0 Å². The van der Waals surface area contributed by atoms with Crippen LogP contribution in [0.25, 0.3) is 0 Å². The molecule has 3 nitrogen and oxygen atoms in total. The van der Waals surface area contributed by atoms with Crippen molar-refractivity contribution in [3.05, 3.63) is 125 Å². The fourth-order valence-electron chi connectivity index (χ4n) is 3.31. The summed E-state index contributed by atoms with van der Waals surface area (Å²) in [4.78, 5) is 0. The van der Waals surface area contributed by atoms with Crippen LogP contribution in [-0.2, 0) is 12.8 Å². The molecule has 142 valence electrons. The van der Waals surface area contributed by atoms with E-state index in [9.17, 15) is 5.11 Å². The molecule has 0 amide bonds. The highest BCUT2D eigenvalue weighted by Crippen LogP contribution is 2.29. The Kier molecular flexibility index (Phi) is 5.77. The molecule has 0 bridgehead atoms. The summed E-state index contributed by atoms with van der Waals surface area (Å²) in [6.45, 7) is 0. The highest BCUT2D eigenvalue weighted by Gasteiger charge is 2.06. The summed E-state index contributed by atoms with van der Waals surface area (Å²) in [6.07, 6.45) is 1.50. The average Bonchev–Trinajstić information content (AvgIpc) is 2.76. The van der Waals surface area contributed by atoms with Crippen LogP contribution in [0.3, 0.4) is 0 Å². The van der Waals surface area contributed by atoms with Gasteiger partial charge in [0.2, 0.25) is 0 Å². The molecule has 0 unspecified atom stereocenters. The van der Waals surface area contributed by atoms with Crippen LogP contribution in [0.1, 0.15) is 22.3 Å². The van der Waals surface area contributed by atoms with Crippen molar-refractivity contribution in [3.8, 4) is 5.75 Å². The lowest BCUT2D eigenvalue weighted by atomic mass is 10.0. The van der Waals surface area contributed by atoms with Crippen molar-refractivity contribution in [1.29, 1.82) is 0 Å². The van der Waals surface area contributed by atoms with Gasteiger partial charge < -0.3 is 5.11 Å². The van der Waals surface area contributed by atoms with Crippen LogP contribution in [0.5, 0.6) is 5.75 Å². The van der Waals surface area contributed by atoms with Crippen LogP contribution in [0.2, 0.25) is 0 Å². The number of nitrogens with zero attached hydrogens (tertiary/aromatic N) is 2. The summed E-state index contributed by atoms with van der Waals surface area (Å²) >= 11 is 0. The van der Waals surface area contributed by atoms with Gasteiger partial charge in [-0.3, -0.25) is 0 Å². The first-order chi connectivity index (χ1) is 14.3. The first-order valence-corrected chi connectivity index (χ1v) is 9.67.